The number of sulfonamides is 1. The number of anilines is 1. The van der Waals surface area contributed by atoms with Gasteiger partial charge < -0.3 is 9.64 Å². The summed E-state index contributed by atoms with van der Waals surface area (Å²) < 4.78 is 35.7. The zero-order valence-corrected chi connectivity index (χ0v) is 21.9. The molecule has 1 atom stereocenters. The summed E-state index contributed by atoms with van der Waals surface area (Å²) in [6.45, 7) is 6.25. The van der Waals surface area contributed by atoms with Gasteiger partial charge in [-0.3, -0.25) is 9.78 Å². The molecule has 4 aromatic rings. The Hall–Kier alpha value is -4.31. The molecule has 0 saturated carbocycles. The molecule has 4 heterocycles. The van der Waals surface area contributed by atoms with Gasteiger partial charge in [0.15, 0.2) is 0 Å². The summed E-state index contributed by atoms with van der Waals surface area (Å²) in [5.41, 5.74) is 5.90. The largest absolute Gasteiger partial charge is 0.467 e. The van der Waals surface area contributed by atoms with Gasteiger partial charge in [0, 0.05) is 24.4 Å². The van der Waals surface area contributed by atoms with Crippen molar-refractivity contribution in [3.63, 3.8) is 0 Å². The number of amides is 1. The fraction of sp³-hybridized carbons (Fsp3) is 0.214. The summed E-state index contributed by atoms with van der Waals surface area (Å²) in [5.74, 6) is -0.248. The molecule has 0 radical (unpaired) electrons. The Balaban J connectivity index is 1.58. The van der Waals surface area contributed by atoms with Crippen LogP contribution in [0, 0.1) is 20.8 Å². The first-order valence-electron chi connectivity index (χ1n) is 12.2. The molecule has 192 valence electrons. The Labute approximate surface area is 220 Å². The Morgan fingerprint density at radius 2 is 1.76 bits per heavy atom. The number of fused-ring (bicyclic) bond motifs is 8. The van der Waals surface area contributed by atoms with E-state index in [1.54, 1.807) is 17.9 Å². The third-order valence-electron chi connectivity index (χ3n) is 6.97. The maximum atomic E-state index is 13.7. The monoisotopic (exact) mass is 527 g/mol. The minimum Gasteiger partial charge on any atom is -0.467 e. The van der Waals surface area contributed by atoms with Gasteiger partial charge in [0.25, 0.3) is 15.9 Å². The van der Waals surface area contributed by atoms with Crippen LogP contribution in [0.2, 0.25) is 0 Å². The molecular weight excluding hydrogens is 502 g/mol. The summed E-state index contributed by atoms with van der Waals surface area (Å²) in [4.78, 5) is 28.4. The topological polar surface area (TPSA) is 114 Å². The number of nitrogens with zero attached hydrogens (tertiary/aromatic N) is 4. The molecule has 1 unspecified atom stereocenters. The van der Waals surface area contributed by atoms with E-state index in [9.17, 15) is 13.2 Å². The summed E-state index contributed by atoms with van der Waals surface area (Å²) in [6, 6.07) is 16.8. The summed E-state index contributed by atoms with van der Waals surface area (Å²) in [7, 11) is -4.16. The van der Waals surface area contributed by atoms with Crippen LogP contribution >= 0.6 is 0 Å². The van der Waals surface area contributed by atoms with Crippen molar-refractivity contribution in [3.8, 4) is 17.1 Å². The van der Waals surface area contributed by atoms with Crippen LogP contribution in [0.5, 0.6) is 5.88 Å². The van der Waals surface area contributed by atoms with Crippen LogP contribution in [-0.2, 0) is 16.6 Å². The van der Waals surface area contributed by atoms with E-state index in [0.29, 0.717) is 17.9 Å². The van der Waals surface area contributed by atoms with Crippen LogP contribution in [0.15, 0.2) is 65.7 Å². The molecular formula is C28H25N5O4S. The van der Waals surface area contributed by atoms with Crippen LogP contribution in [0.4, 0.5) is 5.95 Å². The quantitative estimate of drug-likeness (QED) is 0.391. The highest BCUT2D eigenvalue weighted by Gasteiger charge is 2.32. The van der Waals surface area contributed by atoms with Gasteiger partial charge in [-0.15, -0.1) is 0 Å². The van der Waals surface area contributed by atoms with Crippen LogP contribution in [-0.4, -0.2) is 40.7 Å². The van der Waals surface area contributed by atoms with Crippen molar-refractivity contribution in [2.75, 3.05) is 11.3 Å². The standard InChI is InChI=1S/C28H25N5O4S/c1-16-7-6-8-17(2)26(16)23-12-25-31-28(30-23)32-38(35,36)20-11-22(18(3)29-13-20)27(34)33-14-19-9-4-5-10-21(19)24(15-33)37-25/h4-13,24H,14-15H2,1-3H3,(H,30,31,32). The number of carbonyl (C=O) groups is 1. The SMILES string of the molecule is Cc1cccc(C)c1-c1cc2nc(n1)NS(=O)(=O)c1cnc(C)c(c1)C(=O)N1Cc3ccccc3C(C1)O2. The number of carbonyl (C=O) groups excluding carboxylic acids is 1. The van der Waals surface area contributed by atoms with Gasteiger partial charge in [0.05, 0.1) is 23.5 Å². The van der Waals surface area contributed by atoms with Crippen molar-refractivity contribution in [2.24, 2.45) is 0 Å². The molecule has 0 aliphatic carbocycles. The number of nitrogens with one attached hydrogen (secondary N) is 1. The van der Waals surface area contributed by atoms with Crippen molar-refractivity contribution in [3.05, 3.63) is 94.3 Å². The third kappa shape index (κ3) is 4.16. The molecule has 2 aliphatic heterocycles. The maximum absolute atomic E-state index is 13.7. The predicted octanol–water partition coefficient (Wildman–Crippen LogP) is 4.35. The minimum absolute atomic E-state index is 0.131. The molecule has 6 bridgehead atoms. The third-order valence-corrected chi connectivity index (χ3v) is 8.26. The van der Waals surface area contributed by atoms with Crippen molar-refractivity contribution in [1.82, 2.24) is 19.9 Å². The molecule has 2 aromatic carbocycles. The Bertz CT molecular complexity index is 1700. The zero-order valence-electron chi connectivity index (χ0n) is 21.1. The summed E-state index contributed by atoms with van der Waals surface area (Å²) >= 11 is 0. The number of aryl methyl sites for hydroxylation is 3. The van der Waals surface area contributed by atoms with Gasteiger partial charge in [0.1, 0.15) is 11.0 Å². The van der Waals surface area contributed by atoms with E-state index in [2.05, 4.69) is 19.7 Å². The van der Waals surface area contributed by atoms with Gasteiger partial charge >= 0.3 is 0 Å². The lowest BCUT2D eigenvalue weighted by molar-refractivity contribution is 0.0588. The molecule has 2 aromatic heterocycles. The van der Waals surface area contributed by atoms with E-state index in [4.69, 9.17) is 4.74 Å². The molecule has 0 saturated heterocycles. The maximum Gasteiger partial charge on any atom is 0.265 e. The molecule has 0 fully saturated rings. The van der Waals surface area contributed by atoms with Crippen LogP contribution in [0.3, 0.4) is 0 Å². The molecule has 9 nitrogen and oxygen atoms in total. The van der Waals surface area contributed by atoms with Gasteiger partial charge in [-0.05, 0) is 49.1 Å². The zero-order chi connectivity index (χ0) is 26.6. The molecule has 6 rings (SSSR count). The minimum atomic E-state index is -4.16. The predicted molar refractivity (Wildman–Crippen MR) is 141 cm³/mol. The van der Waals surface area contributed by atoms with Gasteiger partial charge in [-0.1, -0.05) is 42.5 Å². The fourth-order valence-electron chi connectivity index (χ4n) is 5.07. The Morgan fingerprint density at radius 3 is 2.55 bits per heavy atom. The van der Waals surface area contributed by atoms with E-state index in [0.717, 1.165) is 27.8 Å². The van der Waals surface area contributed by atoms with Gasteiger partial charge in [-0.25, -0.2) is 18.1 Å². The lowest BCUT2D eigenvalue weighted by Gasteiger charge is -2.34. The highest BCUT2D eigenvalue weighted by Crippen LogP contribution is 2.35. The Morgan fingerprint density at radius 1 is 1.00 bits per heavy atom. The molecule has 1 amide bonds. The van der Waals surface area contributed by atoms with Crippen molar-refractivity contribution in [1.29, 1.82) is 0 Å². The summed E-state index contributed by atoms with van der Waals surface area (Å²) in [6.07, 6.45) is 0.709. The van der Waals surface area contributed by atoms with Gasteiger partial charge in [-0.2, -0.15) is 4.98 Å². The smallest absolute Gasteiger partial charge is 0.265 e. The highest BCUT2D eigenvalue weighted by molar-refractivity contribution is 7.92. The first-order valence-corrected chi connectivity index (χ1v) is 13.7. The second-order valence-electron chi connectivity index (χ2n) is 9.58. The van der Waals surface area contributed by atoms with E-state index >= 15 is 0 Å². The molecule has 2 aliphatic rings. The second kappa shape index (κ2) is 8.91. The van der Waals surface area contributed by atoms with E-state index in [-0.39, 0.29) is 34.7 Å². The number of ether oxygens (including phenoxy) is 1. The number of rotatable bonds is 1. The molecule has 38 heavy (non-hydrogen) atoms. The van der Waals surface area contributed by atoms with E-state index in [1.807, 2.05) is 56.3 Å². The molecule has 1 N–H and O–H groups in total. The lowest BCUT2D eigenvalue weighted by Crippen LogP contribution is -2.40. The number of benzene rings is 2. The number of hydrogen-bond donors (Lipinski definition) is 1. The van der Waals surface area contributed by atoms with Gasteiger partial charge in [0.2, 0.25) is 11.8 Å². The van der Waals surface area contributed by atoms with E-state index < -0.39 is 16.1 Å². The number of aromatic nitrogens is 3. The first kappa shape index (κ1) is 24.1. The fourth-order valence-corrected chi connectivity index (χ4v) is 5.98. The number of hydrogen-bond acceptors (Lipinski definition) is 7. The van der Waals surface area contributed by atoms with Crippen LogP contribution < -0.4 is 9.46 Å². The average Bonchev–Trinajstić information content (AvgIpc) is 2.87. The van der Waals surface area contributed by atoms with Crippen LogP contribution in [0.1, 0.15) is 44.4 Å². The van der Waals surface area contributed by atoms with Crippen molar-refractivity contribution < 1.29 is 17.9 Å². The van der Waals surface area contributed by atoms with Crippen molar-refractivity contribution >= 4 is 21.9 Å². The average molecular weight is 528 g/mol. The highest BCUT2D eigenvalue weighted by atomic mass is 32.2. The number of pyridine rings is 1. The second-order valence-corrected chi connectivity index (χ2v) is 11.3. The van der Waals surface area contributed by atoms with Crippen LogP contribution in [0.25, 0.3) is 11.3 Å². The summed E-state index contributed by atoms with van der Waals surface area (Å²) in [5, 5.41) is 0. The normalized spacial score (nSPS) is 17.7. The van der Waals surface area contributed by atoms with Crippen molar-refractivity contribution in [2.45, 2.75) is 38.3 Å². The van der Waals surface area contributed by atoms with E-state index in [1.165, 1.54) is 12.3 Å². The molecule has 10 heteroatoms. The molecule has 0 spiro atoms. The first-order chi connectivity index (χ1) is 18.2. The lowest BCUT2D eigenvalue weighted by atomic mass is 9.96. The Kier molecular flexibility index (Phi) is 5.64.